The lowest BCUT2D eigenvalue weighted by molar-refractivity contribution is -0.140. The third-order valence-corrected chi connectivity index (χ3v) is 6.37. The van der Waals surface area contributed by atoms with Crippen LogP contribution in [0.3, 0.4) is 0 Å². The maximum absolute atomic E-state index is 13.7. The molecule has 34 heavy (non-hydrogen) atoms. The smallest absolute Gasteiger partial charge is 0.243 e. The lowest BCUT2D eigenvalue weighted by atomic mass is 10.0. The fourth-order valence-electron chi connectivity index (χ4n) is 3.77. The van der Waals surface area contributed by atoms with Crippen LogP contribution in [0.1, 0.15) is 36.5 Å². The molecule has 6 heteroatoms. The second-order valence-electron chi connectivity index (χ2n) is 8.30. The van der Waals surface area contributed by atoms with Crippen LogP contribution in [0, 0.1) is 0 Å². The van der Waals surface area contributed by atoms with E-state index in [0.717, 1.165) is 34.0 Å². The topological polar surface area (TPSA) is 49.4 Å². The molecule has 0 fully saturated rings. The van der Waals surface area contributed by atoms with E-state index in [2.05, 4.69) is 28.2 Å². The number of hydrogen-bond donors (Lipinski definition) is 1. The van der Waals surface area contributed by atoms with E-state index in [0.29, 0.717) is 24.5 Å². The molecule has 2 amide bonds. The zero-order chi connectivity index (χ0) is 24.3. The molecular formula is C28H30BrClN2O2. The fraction of sp³-hybridized carbons (Fsp3) is 0.286. The van der Waals surface area contributed by atoms with Crippen LogP contribution in [0.5, 0.6) is 0 Å². The van der Waals surface area contributed by atoms with Crippen LogP contribution < -0.4 is 5.32 Å². The Balaban J connectivity index is 1.93. The molecule has 0 spiro atoms. The maximum atomic E-state index is 13.7. The summed E-state index contributed by atoms with van der Waals surface area (Å²) in [6.45, 7) is 3.02. The molecule has 0 heterocycles. The predicted octanol–water partition coefficient (Wildman–Crippen LogP) is 6.20. The number of benzene rings is 3. The molecule has 0 aliphatic carbocycles. The molecule has 0 saturated carbocycles. The molecule has 0 aliphatic rings. The van der Waals surface area contributed by atoms with E-state index in [1.165, 1.54) is 0 Å². The predicted molar refractivity (Wildman–Crippen MR) is 142 cm³/mol. The molecule has 0 bridgehead atoms. The average molecular weight is 542 g/mol. The Kier molecular flexibility index (Phi) is 10.2. The largest absolute Gasteiger partial charge is 0.354 e. The van der Waals surface area contributed by atoms with Gasteiger partial charge < -0.3 is 10.2 Å². The summed E-state index contributed by atoms with van der Waals surface area (Å²) < 4.78 is 0.964. The quantitative estimate of drug-likeness (QED) is 0.294. The third-order valence-electron chi connectivity index (χ3n) is 5.61. The number of unbranched alkanes of at least 4 members (excludes halogenated alkanes) is 1. The Bertz CT molecular complexity index is 1070. The highest BCUT2D eigenvalue weighted by Crippen LogP contribution is 2.19. The number of hydrogen-bond acceptors (Lipinski definition) is 2. The van der Waals surface area contributed by atoms with Gasteiger partial charge in [-0.05, 0) is 47.4 Å². The van der Waals surface area contributed by atoms with Gasteiger partial charge in [-0.3, -0.25) is 9.59 Å². The van der Waals surface area contributed by atoms with Crippen LogP contribution in [-0.2, 0) is 29.0 Å². The highest BCUT2D eigenvalue weighted by Gasteiger charge is 2.30. The van der Waals surface area contributed by atoms with E-state index in [4.69, 9.17) is 11.6 Å². The monoisotopic (exact) mass is 540 g/mol. The Morgan fingerprint density at radius 3 is 2.32 bits per heavy atom. The summed E-state index contributed by atoms with van der Waals surface area (Å²) in [4.78, 5) is 28.7. The van der Waals surface area contributed by atoms with Crippen molar-refractivity contribution < 1.29 is 9.59 Å². The first kappa shape index (κ1) is 26.0. The number of halogens is 2. The highest BCUT2D eigenvalue weighted by molar-refractivity contribution is 9.10. The maximum Gasteiger partial charge on any atom is 0.243 e. The van der Waals surface area contributed by atoms with Crippen LogP contribution >= 0.6 is 27.5 Å². The summed E-state index contributed by atoms with van der Waals surface area (Å²) in [5, 5.41) is 3.63. The molecule has 3 aromatic rings. The Morgan fingerprint density at radius 1 is 0.941 bits per heavy atom. The molecule has 1 unspecified atom stereocenters. The molecular weight excluding hydrogens is 512 g/mol. The van der Waals surface area contributed by atoms with Gasteiger partial charge in [0.2, 0.25) is 11.8 Å². The minimum absolute atomic E-state index is 0.114. The zero-order valence-corrected chi connectivity index (χ0v) is 21.7. The summed E-state index contributed by atoms with van der Waals surface area (Å²) in [5.74, 6) is -0.245. The molecule has 1 N–H and O–H groups in total. The summed E-state index contributed by atoms with van der Waals surface area (Å²) in [6.07, 6.45) is 2.49. The van der Waals surface area contributed by atoms with Gasteiger partial charge in [-0.1, -0.05) is 95.5 Å². The van der Waals surface area contributed by atoms with E-state index in [9.17, 15) is 9.59 Å². The molecule has 3 rings (SSSR count). The molecule has 0 aromatic heterocycles. The van der Waals surface area contributed by atoms with Crippen molar-refractivity contribution in [2.45, 2.75) is 45.2 Å². The Morgan fingerprint density at radius 2 is 1.65 bits per heavy atom. The Labute approximate surface area is 215 Å². The highest BCUT2D eigenvalue weighted by atomic mass is 79.9. The van der Waals surface area contributed by atoms with Crippen molar-refractivity contribution in [1.82, 2.24) is 10.2 Å². The van der Waals surface area contributed by atoms with Gasteiger partial charge in [0.25, 0.3) is 0 Å². The standard InChI is InChI=1S/C28H30BrClN2O2/c1-2-3-16-31-28(34)26(18-21-8-5-4-6-9-21)32(20-22-12-14-24(29)15-13-22)27(33)19-23-10-7-11-25(30)17-23/h4-15,17,26H,2-3,16,18-20H2,1H3,(H,31,34). The van der Waals surface area contributed by atoms with Crippen molar-refractivity contribution in [3.8, 4) is 0 Å². The zero-order valence-electron chi connectivity index (χ0n) is 19.3. The summed E-state index contributed by atoms with van der Waals surface area (Å²) in [6, 6.07) is 24.3. The van der Waals surface area contributed by atoms with Crippen LogP contribution in [0.25, 0.3) is 0 Å². The minimum atomic E-state index is -0.630. The van der Waals surface area contributed by atoms with Crippen LogP contribution in [0.2, 0.25) is 5.02 Å². The van der Waals surface area contributed by atoms with Crippen LogP contribution in [-0.4, -0.2) is 29.3 Å². The molecule has 4 nitrogen and oxygen atoms in total. The van der Waals surface area contributed by atoms with Gasteiger partial charge in [-0.15, -0.1) is 0 Å². The van der Waals surface area contributed by atoms with Gasteiger partial charge >= 0.3 is 0 Å². The number of nitrogens with zero attached hydrogens (tertiary/aromatic N) is 1. The van der Waals surface area contributed by atoms with Crippen molar-refractivity contribution in [3.63, 3.8) is 0 Å². The summed E-state index contributed by atoms with van der Waals surface area (Å²) in [7, 11) is 0. The van der Waals surface area contributed by atoms with Crippen molar-refractivity contribution in [3.05, 3.63) is 105 Å². The van der Waals surface area contributed by atoms with Crippen molar-refractivity contribution >= 4 is 39.3 Å². The lowest BCUT2D eigenvalue weighted by Gasteiger charge is -2.32. The second kappa shape index (κ2) is 13.3. The normalized spacial score (nSPS) is 11.6. The number of carbonyl (C=O) groups excluding carboxylic acids is 2. The fourth-order valence-corrected chi connectivity index (χ4v) is 4.25. The van der Waals surface area contributed by atoms with E-state index in [-0.39, 0.29) is 18.2 Å². The van der Waals surface area contributed by atoms with E-state index in [1.807, 2.05) is 66.7 Å². The van der Waals surface area contributed by atoms with Gasteiger partial charge in [0.05, 0.1) is 6.42 Å². The second-order valence-corrected chi connectivity index (χ2v) is 9.66. The van der Waals surface area contributed by atoms with E-state index >= 15 is 0 Å². The SMILES string of the molecule is CCCCNC(=O)C(Cc1ccccc1)N(Cc1ccc(Br)cc1)C(=O)Cc1cccc(Cl)c1. The summed E-state index contributed by atoms with van der Waals surface area (Å²) >= 11 is 9.62. The molecule has 0 radical (unpaired) electrons. The first-order chi connectivity index (χ1) is 16.5. The minimum Gasteiger partial charge on any atom is -0.354 e. The van der Waals surface area contributed by atoms with Crippen molar-refractivity contribution in [2.75, 3.05) is 6.54 Å². The number of nitrogens with one attached hydrogen (secondary N) is 1. The van der Waals surface area contributed by atoms with E-state index < -0.39 is 6.04 Å². The Hall–Kier alpha value is -2.63. The van der Waals surface area contributed by atoms with Gasteiger partial charge in [0, 0.05) is 29.0 Å². The van der Waals surface area contributed by atoms with Gasteiger partial charge in [0.15, 0.2) is 0 Å². The number of rotatable bonds is 11. The molecule has 0 saturated heterocycles. The van der Waals surface area contributed by atoms with Gasteiger partial charge in [0.1, 0.15) is 6.04 Å². The van der Waals surface area contributed by atoms with Crippen LogP contribution in [0.4, 0.5) is 0 Å². The molecule has 1 atom stereocenters. The lowest BCUT2D eigenvalue weighted by Crippen LogP contribution is -2.51. The van der Waals surface area contributed by atoms with E-state index in [1.54, 1.807) is 17.0 Å². The molecule has 0 aliphatic heterocycles. The first-order valence-electron chi connectivity index (χ1n) is 11.6. The number of amides is 2. The molecule has 178 valence electrons. The average Bonchev–Trinajstić information content (AvgIpc) is 2.83. The van der Waals surface area contributed by atoms with Gasteiger partial charge in [-0.2, -0.15) is 0 Å². The van der Waals surface area contributed by atoms with Crippen molar-refractivity contribution in [2.24, 2.45) is 0 Å². The third kappa shape index (κ3) is 8.00. The first-order valence-corrected chi connectivity index (χ1v) is 12.7. The summed E-state index contributed by atoms with van der Waals surface area (Å²) in [5.41, 5.74) is 2.79. The number of carbonyl (C=O) groups is 2. The van der Waals surface area contributed by atoms with Crippen LogP contribution in [0.15, 0.2) is 83.3 Å². The van der Waals surface area contributed by atoms with Crippen molar-refractivity contribution in [1.29, 1.82) is 0 Å². The molecule has 3 aromatic carbocycles. The van der Waals surface area contributed by atoms with Gasteiger partial charge in [-0.25, -0.2) is 0 Å².